The molecule has 2 fully saturated rings. The first-order chi connectivity index (χ1) is 31.2. The number of benzene rings is 4. The second kappa shape index (κ2) is 21.9. The smallest absolute Gasteiger partial charge is 0.251 e. The summed E-state index contributed by atoms with van der Waals surface area (Å²) in [7, 11) is 0. The second-order valence-corrected chi connectivity index (χ2v) is 18.3. The number of aliphatic hydroxyl groups is 2. The molecule has 64 heavy (non-hydrogen) atoms. The van der Waals surface area contributed by atoms with Crippen LogP contribution < -0.4 is 20.9 Å². The van der Waals surface area contributed by atoms with Crippen LogP contribution in [-0.2, 0) is 41.8 Å². The summed E-state index contributed by atoms with van der Waals surface area (Å²) < 4.78 is 11.3. The summed E-state index contributed by atoms with van der Waals surface area (Å²) in [5.41, 5.74) is 11.7. The van der Waals surface area contributed by atoms with Crippen molar-refractivity contribution in [3.05, 3.63) is 129 Å². The van der Waals surface area contributed by atoms with Crippen molar-refractivity contribution in [3.8, 4) is 0 Å². The molecule has 8 rings (SSSR count). The number of nitrogens with one attached hydrogen (secondary N) is 3. The number of carbonyl (C=O) groups excluding carboxylic acids is 2. The zero-order chi connectivity index (χ0) is 44.4. The lowest BCUT2D eigenvalue weighted by atomic mass is 9.95. The second-order valence-electron chi connectivity index (χ2n) is 18.3. The van der Waals surface area contributed by atoms with Gasteiger partial charge in [-0.3, -0.25) is 19.4 Å². The number of nitrogens with zero attached hydrogens (tertiary/aromatic N) is 3. The van der Waals surface area contributed by atoms with E-state index in [2.05, 4.69) is 79.2 Å². The van der Waals surface area contributed by atoms with Crippen LogP contribution in [0.15, 0.2) is 78.9 Å². The molecular formula is C52H68N6O6. The van der Waals surface area contributed by atoms with Gasteiger partial charge >= 0.3 is 0 Å². The third-order valence-electron chi connectivity index (χ3n) is 13.8. The Labute approximate surface area is 379 Å². The van der Waals surface area contributed by atoms with E-state index in [-0.39, 0.29) is 24.9 Å². The summed E-state index contributed by atoms with van der Waals surface area (Å²) in [5, 5.41) is 31.7. The number of carbonyl (C=O) groups is 2. The number of β-amino-alcohol motifs (C(OH)–C–C–N with tert-alkyl or cyclic N) is 2. The highest BCUT2D eigenvalue weighted by molar-refractivity contribution is 5.97. The van der Waals surface area contributed by atoms with Gasteiger partial charge in [-0.1, -0.05) is 54.6 Å². The molecule has 12 nitrogen and oxygen atoms in total. The number of hydrogen-bond acceptors (Lipinski definition) is 10. The van der Waals surface area contributed by atoms with Gasteiger partial charge in [0.15, 0.2) is 0 Å². The van der Waals surface area contributed by atoms with Crippen molar-refractivity contribution < 1.29 is 29.3 Å². The lowest BCUT2D eigenvalue weighted by molar-refractivity contribution is 0.0837. The summed E-state index contributed by atoms with van der Waals surface area (Å²) in [5.74, 6) is -0.341. The van der Waals surface area contributed by atoms with Crippen LogP contribution in [0.5, 0.6) is 0 Å². The van der Waals surface area contributed by atoms with Crippen molar-refractivity contribution in [2.75, 3.05) is 82.5 Å². The Bertz CT molecular complexity index is 2200. The summed E-state index contributed by atoms with van der Waals surface area (Å²) in [4.78, 5) is 34.0. The van der Waals surface area contributed by atoms with Crippen molar-refractivity contribution in [1.29, 1.82) is 0 Å². The first-order valence-corrected chi connectivity index (χ1v) is 23.6. The molecule has 4 aliphatic heterocycles. The largest absolute Gasteiger partial charge is 0.390 e. The minimum atomic E-state index is -0.699. The number of fused-ring (bicyclic) bond motifs is 2. The summed E-state index contributed by atoms with van der Waals surface area (Å²) in [6, 6.07) is 27.7. The van der Waals surface area contributed by atoms with Crippen molar-refractivity contribution in [1.82, 2.24) is 20.4 Å². The van der Waals surface area contributed by atoms with Gasteiger partial charge in [0, 0.05) is 120 Å². The monoisotopic (exact) mass is 873 g/mol. The molecule has 0 bridgehead atoms. The van der Waals surface area contributed by atoms with Crippen LogP contribution in [0, 0.1) is 13.8 Å². The highest BCUT2D eigenvalue weighted by Crippen LogP contribution is 2.30. The predicted octanol–water partition coefficient (Wildman–Crippen LogP) is 5.42. The number of ether oxygens (including phenoxy) is 2. The summed E-state index contributed by atoms with van der Waals surface area (Å²) in [6.07, 6.45) is 5.09. The predicted molar refractivity (Wildman–Crippen MR) is 252 cm³/mol. The van der Waals surface area contributed by atoms with Gasteiger partial charge in [0.05, 0.1) is 12.2 Å². The average molecular weight is 873 g/mol. The van der Waals surface area contributed by atoms with Crippen LogP contribution in [0.25, 0.3) is 0 Å². The van der Waals surface area contributed by atoms with E-state index in [0.717, 1.165) is 113 Å². The quantitative estimate of drug-likeness (QED) is 0.0936. The zero-order valence-electron chi connectivity index (χ0n) is 37.8. The molecule has 2 atom stereocenters. The van der Waals surface area contributed by atoms with Gasteiger partial charge in [-0.05, 0) is 122 Å². The molecule has 342 valence electrons. The van der Waals surface area contributed by atoms with Gasteiger partial charge in [-0.15, -0.1) is 0 Å². The molecule has 0 saturated carbocycles. The lowest BCUT2D eigenvalue weighted by Crippen LogP contribution is -2.42. The fraction of sp³-hybridized carbons (Fsp3) is 0.500. The normalized spacial score (nSPS) is 18.4. The van der Waals surface area contributed by atoms with Gasteiger partial charge in [-0.25, -0.2) is 0 Å². The van der Waals surface area contributed by atoms with E-state index in [1.807, 2.05) is 44.2 Å². The molecule has 4 aromatic carbocycles. The Morgan fingerprint density at radius 2 is 1.27 bits per heavy atom. The van der Waals surface area contributed by atoms with Gasteiger partial charge in [-0.2, -0.15) is 0 Å². The maximum atomic E-state index is 13.7. The van der Waals surface area contributed by atoms with Crippen molar-refractivity contribution >= 4 is 23.2 Å². The number of rotatable bonds is 17. The maximum absolute atomic E-state index is 13.7. The fourth-order valence-electron chi connectivity index (χ4n) is 10.1. The van der Waals surface area contributed by atoms with Gasteiger partial charge in [0.1, 0.15) is 0 Å². The summed E-state index contributed by atoms with van der Waals surface area (Å²) in [6.45, 7) is 12.4. The highest BCUT2D eigenvalue weighted by atomic mass is 16.5. The Morgan fingerprint density at radius 3 is 1.94 bits per heavy atom. The van der Waals surface area contributed by atoms with E-state index in [1.54, 1.807) is 0 Å². The third kappa shape index (κ3) is 11.7. The molecule has 0 radical (unpaired) electrons. The molecule has 5 N–H and O–H groups in total. The molecule has 2 saturated heterocycles. The number of hydrogen-bond donors (Lipinski definition) is 5. The Hall–Kier alpha value is -4.82. The first kappa shape index (κ1) is 45.7. The molecule has 0 aliphatic carbocycles. The molecule has 0 spiro atoms. The van der Waals surface area contributed by atoms with Crippen molar-refractivity contribution in [2.24, 2.45) is 0 Å². The Balaban J connectivity index is 0.847. The van der Waals surface area contributed by atoms with Crippen molar-refractivity contribution in [2.45, 2.75) is 96.2 Å². The van der Waals surface area contributed by atoms with Gasteiger partial charge < -0.3 is 40.5 Å². The van der Waals surface area contributed by atoms with E-state index >= 15 is 0 Å². The minimum absolute atomic E-state index is 0.167. The molecular weight excluding hydrogens is 805 g/mol. The van der Waals surface area contributed by atoms with Crippen LogP contribution in [0.4, 0.5) is 11.4 Å². The summed E-state index contributed by atoms with van der Waals surface area (Å²) >= 11 is 0. The van der Waals surface area contributed by atoms with Crippen LogP contribution >= 0.6 is 0 Å². The molecule has 4 aromatic rings. The van der Waals surface area contributed by atoms with E-state index in [0.29, 0.717) is 49.5 Å². The van der Waals surface area contributed by atoms with Crippen LogP contribution in [0.1, 0.15) is 85.3 Å². The van der Waals surface area contributed by atoms with Crippen LogP contribution in [0.2, 0.25) is 0 Å². The van der Waals surface area contributed by atoms with Gasteiger partial charge in [0.25, 0.3) is 11.8 Å². The molecule has 0 aromatic heterocycles. The molecule has 12 heteroatoms. The van der Waals surface area contributed by atoms with Crippen molar-refractivity contribution in [3.63, 3.8) is 0 Å². The number of anilines is 2. The van der Waals surface area contributed by atoms with E-state index in [1.165, 1.54) is 27.8 Å². The standard InChI is InChI=1S/C52H68N6O6/c1-36-47(9-5-11-49(36)55-43-18-25-63-26-19-43)51(61)53-30-46(60)35-57-23-17-40-14-13-38(29-42(40)33-57)15-24-58(44-20-27-64-28-21-44)50-12-6-10-48(37(50)2)52(62)54-31-45(59)34-56-22-16-39-7-3-4-8-41(39)32-56/h3-14,29,43-46,55,59-60H,15-28,30-35H2,1-2H3,(H,53,61)(H,54,62). The van der Waals surface area contributed by atoms with Crippen LogP contribution in [0.3, 0.4) is 0 Å². The molecule has 4 aliphatic rings. The Kier molecular flexibility index (Phi) is 15.7. The third-order valence-corrected chi connectivity index (χ3v) is 13.8. The van der Waals surface area contributed by atoms with E-state index in [9.17, 15) is 19.8 Å². The maximum Gasteiger partial charge on any atom is 0.251 e. The van der Waals surface area contributed by atoms with Gasteiger partial charge in [0.2, 0.25) is 0 Å². The van der Waals surface area contributed by atoms with E-state index in [4.69, 9.17) is 9.47 Å². The average Bonchev–Trinajstić information content (AvgIpc) is 3.31. The van der Waals surface area contributed by atoms with Crippen LogP contribution in [-0.4, -0.2) is 128 Å². The SMILES string of the molecule is Cc1c(NC2CCOCC2)cccc1C(=O)NCC(O)CN1CCc2ccc(CCN(c3cccc(C(=O)NCC(O)CN4CCc5ccccc5C4)c3C)C3CCOCC3)cc2C1. The topological polar surface area (TPSA) is 139 Å². The molecule has 2 unspecified atom stereocenters. The fourth-order valence-corrected chi connectivity index (χ4v) is 10.1. The zero-order valence-corrected chi connectivity index (χ0v) is 37.8. The first-order valence-electron chi connectivity index (χ1n) is 23.6. The number of amides is 2. The van der Waals surface area contributed by atoms with E-state index < -0.39 is 12.2 Å². The number of aliphatic hydroxyl groups excluding tert-OH is 2. The molecule has 4 heterocycles. The minimum Gasteiger partial charge on any atom is -0.390 e. The molecule has 2 amide bonds. The Morgan fingerprint density at radius 1 is 0.688 bits per heavy atom. The lowest BCUT2D eigenvalue weighted by Gasteiger charge is -2.37. The highest BCUT2D eigenvalue weighted by Gasteiger charge is 2.27.